The van der Waals surface area contributed by atoms with E-state index in [-0.39, 0.29) is 5.92 Å². The molecule has 0 heterocycles. The molecule has 1 rings (SSSR count). The summed E-state index contributed by atoms with van der Waals surface area (Å²) in [4.78, 5) is 0. The monoisotopic (exact) mass is 180 g/mol. The number of nitriles is 1. The molecule has 2 heteroatoms. The fourth-order valence-electron chi connectivity index (χ4n) is 1.80. The third-order valence-electron chi connectivity index (χ3n) is 2.58. The first-order valence-electron chi connectivity index (χ1n) is 5.16. The minimum atomic E-state index is 0.252. The van der Waals surface area contributed by atoms with E-state index in [4.69, 9.17) is 5.26 Å². The van der Waals surface area contributed by atoms with Crippen LogP contribution in [0.15, 0.2) is 0 Å². The number of hydrogen-bond donors (Lipinski definition) is 1. The average Bonchev–Trinajstić information content (AvgIpc) is 2.46. The standard InChI is InChI=1S/C11H20N2/c1-11(2,3)8-13-10-6-4-5-9(10)7-12/h9-10,13H,4-6,8H2,1-3H3. The van der Waals surface area contributed by atoms with Gasteiger partial charge in [0, 0.05) is 12.6 Å². The molecule has 1 aliphatic rings. The first kappa shape index (κ1) is 10.5. The Kier molecular flexibility index (Phi) is 3.33. The molecule has 1 saturated carbocycles. The smallest absolute Gasteiger partial charge is 0.0672 e. The molecule has 0 saturated heterocycles. The maximum atomic E-state index is 8.88. The van der Waals surface area contributed by atoms with Gasteiger partial charge in [-0.25, -0.2) is 0 Å². The van der Waals surface area contributed by atoms with Crippen LogP contribution in [-0.2, 0) is 0 Å². The molecule has 74 valence electrons. The molecule has 1 fully saturated rings. The third-order valence-corrected chi connectivity index (χ3v) is 2.58. The molecule has 1 N–H and O–H groups in total. The Morgan fingerprint density at radius 3 is 2.62 bits per heavy atom. The van der Waals surface area contributed by atoms with Crippen LogP contribution in [0.4, 0.5) is 0 Å². The van der Waals surface area contributed by atoms with Crippen LogP contribution in [0.5, 0.6) is 0 Å². The van der Waals surface area contributed by atoms with Crippen molar-refractivity contribution in [2.75, 3.05) is 6.54 Å². The summed E-state index contributed by atoms with van der Waals surface area (Å²) in [6.07, 6.45) is 3.46. The Morgan fingerprint density at radius 2 is 2.08 bits per heavy atom. The van der Waals surface area contributed by atoms with Crippen LogP contribution in [0.2, 0.25) is 0 Å². The minimum absolute atomic E-state index is 0.252. The average molecular weight is 180 g/mol. The highest BCUT2D eigenvalue weighted by atomic mass is 14.9. The van der Waals surface area contributed by atoms with Gasteiger partial charge in [0.05, 0.1) is 12.0 Å². The summed E-state index contributed by atoms with van der Waals surface area (Å²) in [6.45, 7) is 7.67. The molecule has 0 aromatic carbocycles. The van der Waals surface area contributed by atoms with E-state index in [9.17, 15) is 0 Å². The van der Waals surface area contributed by atoms with Crippen molar-refractivity contribution in [1.82, 2.24) is 5.32 Å². The Bertz CT molecular complexity index is 197. The first-order chi connectivity index (χ1) is 6.03. The SMILES string of the molecule is CC(C)(C)CNC1CCCC1C#N. The number of nitrogens with one attached hydrogen (secondary N) is 1. The van der Waals surface area contributed by atoms with E-state index in [2.05, 4.69) is 32.2 Å². The number of nitrogens with zero attached hydrogens (tertiary/aromatic N) is 1. The Balaban J connectivity index is 2.33. The van der Waals surface area contributed by atoms with Gasteiger partial charge < -0.3 is 5.32 Å². The summed E-state index contributed by atoms with van der Waals surface area (Å²) in [5.41, 5.74) is 0.322. The molecular formula is C11H20N2. The summed E-state index contributed by atoms with van der Waals surface area (Å²) >= 11 is 0. The largest absolute Gasteiger partial charge is 0.312 e. The molecule has 0 spiro atoms. The van der Waals surface area contributed by atoms with Crippen molar-refractivity contribution in [3.63, 3.8) is 0 Å². The predicted octanol–water partition coefficient (Wildman–Crippen LogP) is 2.31. The van der Waals surface area contributed by atoms with Gasteiger partial charge in [0.15, 0.2) is 0 Å². The quantitative estimate of drug-likeness (QED) is 0.708. The van der Waals surface area contributed by atoms with Crippen molar-refractivity contribution in [3.8, 4) is 6.07 Å². The summed E-state index contributed by atoms with van der Waals surface area (Å²) in [5, 5.41) is 12.4. The molecule has 0 aromatic heterocycles. The molecule has 2 atom stereocenters. The third kappa shape index (κ3) is 3.36. The number of rotatable bonds is 2. The fraction of sp³-hybridized carbons (Fsp3) is 0.909. The van der Waals surface area contributed by atoms with Crippen molar-refractivity contribution >= 4 is 0 Å². The highest BCUT2D eigenvalue weighted by Gasteiger charge is 2.27. The summed E-state index contributed by atoms with van der Waals surface area (Å²) in [5.74, 6) is 0.252. The highest BCUT2D eigenvalue weighted by molar-refractivity contribution is 4.96. The molecule has 0 bridgehead atoms. The Morgan fingerprint density at radius 1 is 1.38 bits per heavy atom. The van der Waals surface area contributed by atoms with Crippen LogP contribution >= 0.6 is 0 Å². The van der Waals surface area contributed by atoms with Gasteiger partial charge in [0.2, 0.25) is 0 Å². The second kappa shape index (κ2) is 4.11. The lowest BCUT2D eigenvalue weighted by Crippen LogP contribution is -2.37. The van der Waals surface area contributed by atoms with E-state index in [1.807, 2.05) is 0 Å². The van der Waals surface area contributed by atoms with Gasteiger partial charge in [-0.2, -0.15) is 5.26 Å². The van der Waals surface area contributed by atoms with Crippen molar-refractivity contribution in [1.29, 1.82) is 5.26 Å². The maximum absolute atomic E-state index is 8.88. The molecule has 2 nitrogen and oxygen atoms in total. The van der Waals surface area contributed by atoms with Gasteiger partial charge in [0.1, 0.15) is 0 Å². The van der Waals surface area contributed by atoms with E-state index in [1.165, 1.54) is 12.8 Å². The second-order valence-electron chi connectivity index (χ2n) is 5.21. The molecule has 0 radical (unpaired) electrons. The van der Waals surface area contributed by atoms with E-state index >= 15 is 0 Å². The zero-order valence-electron chi connectivity index (χ0n) is 8.93. The molecule has 1 aliphatic carbocycles. The normalized spacial score (nSPS) is 28.8. The Labute approximate surface area is 81.3 Å². The summed E-state index contributed by atoms with van der Waals surface area (Å²) < 4.78 is 0. The van der Waals surface area contributed by atoms with Crippen molar-refractivity contribution in [3.05, 3.63) is 0 Å². The molecular weight excluding hydrogens is 160 g/mol. The minimum Gasteiger partial charge on any atom is -0.312 e. The van der Waals surface area contributed by atoms with E-state index in [0.717, 1.165) is 13.0 Å². The lowest BCUT2D eigenvalue weighted by atomic mass is 9.95. The van der Waals surface area contributed by atoms with Gasteiger partial charge in [-0.3, -0.25) is 0 Å². The van der Waals surface area contributed by atoms with Crippen molar-refractivity contribution in [2.24, 2.45) is 11.3 Å². The topological polar surface area (TPSA) is 35.8 Å². The number of hydrogen-bond acceptors (Lipinski definition) is 2. The Hall–Kier alpha value is -0.550. The van der Waals surface area contributed by atoms with Crippen molar-refractivity contribution in [2.45, 2.75) is 46.1 Å². The van der Waals surface area contributed by atoms with Gasteiger partial charge in [-0.05, 0) is 18.3 Å². The molecule has 13 heavy (non-hydrogen) atoms. The lowest BCUT2D eigenvalue weighted by Gasteiger charge is -2.23. The van der Waals surface area contributed by atoms with Crippen LogP contribution in [0.3, 0.4) is 0 Å². The lowest BCUT2D eigenvalue weighted by molar-refractivity contribution is 0.337. The molecule has 0 aliphatic heterocycles. The van der Waals surface area contributed by atoms with Crippen LogP contribution < -0.4 is 5.32 Å². The van der Waals surface area contributed by atoms with Crippen molar-refractivity contribution < 1.29 is 0 Å². The van der Waals surface area contributed by atoms with Crippen LogP contribution in [0.1, 0.15) is 40.0 Å². The highest BCUT2D eigenvalue weighted by Crippen LogP contribution is 2.25. The van der Waals surface area contributed by atoms with Gasteiger partial charge in [0.25, 0.3) is 0 Å². The van der Waals surface area contributed by atoms with Gasteiger partial charge in [-0.1, -0.05) is 27.2 Å². The predicted molar refractivity (Wildman–Crippen MR) is 54.2 cm³/mol. The van der Waals surface area contributed by atoms with Crippen LogP contribution in [0, 0.1) is 22.7 Å². The van der Waals surface area contributed by atoms with Gasteiger partial charge >= 0.3 is 0 Å². The molecule has 0 amide bonds. The fourth-order valence-corrected chi connectivity index (χ4v) is 1.80. The summed E-state index contributed by atoms with van der Waals surface area (Å²) in [7, 11) is 0. The summed E-state index contributed by atoms with van der Waals surface area (Å²) in [6, 6.07) is 2.84. The van der Waals surface area contributed by atoms with Gasteiger partial charge in [-0.15, -0.1) is 0 Å². The zero-order valence-corrected chi connectivity index (χ0v) is 8.93. The molecule has 0 aromatic rings. The van der Waals surface area contributed by atoms with Crippen LogP contribution in [0.25, 0.3) is 0 Å². The zero-order chi connectivity index (χ0) is 9.90. The maximum Gasteiger partial charge on any atom is 0.0672 e. The van der Waals surface area contributed by atoms with Crippen LogP contribution in [-0.4, -0.2) is 12.6 Å². The molecule has 2 unspecified atom stereocenters. The van der Waals surface area contributed by atoms with E-state index in [0.29, 0.717) is 11.5 Å². The van der Waals surface area contributed by atoms with E-state index < -0.39 is 0 Å². The first-order valence-corrected chi connectivity index (χ1v) is 5.16. The second-order valence-corrected chi connectivity index (χ2v) is 5.21. The van der Waals surface area contributed by atoms with E-state index in [1.54, 1.807) is 0 Å².